The van der Waals surface area contributed by atoms with Crippen molar-refractivity contribution < 1.29 is 14.3 Å². The summed E-state index contributed by atoms with van der Waals surface area (Å²) in [7, 11) is 1.47. The molecule has 0 aliphatic heterocycles. The van der Waals surface area contributed by atoms with E-state index in [1.165, 1.54) is 18.2 Å². The highest BCUT2D eigenvalue weighted by Crippen LogP contribution is 2.48. The van der Waals surface area contributed by atoms with Crippen LogP contribution in [0.4, 0.5) is 11.4 Å². The van der Waals surface area contributed by atoms with Gasteiger partial charge in [-0.2, -0.15) is 0 Å². The van der Waals surface area contributed by atoms with Crippen LogP contribution in [0.2, 0.25) is 0 Å². The van der Waals surface area contributed by atoms with E-state index in [9.17, 15) is 9.59 Å². The molecule has 2 N–H and O–H groups in total. The summed E-state index contributed by atoms with van der Waals surface area (Å²) in [6.45, 7) is 2.07. The summed E-state index contributed by atoms with van der Waals surface area (Å²) >= 11 is 0. The minimum atomic E-state index is -0.229. The number of nitrogens with one attached hydrogen (secondary N) is 2. The highest BCUT2D eigenvalue weighted by molar-refractivity contribution is 5.97. The number of aryl methyl sites for hydroxylation is 1. The molecule has 0 radical (unpaired) electrons. The van der Waals surface area contributed by atoms with Crippen molar-refractivity contribution in [2.24, 2.45) is 5.92 Å². The highest BCUT2D eigenvalue weighted by atomic mass is 16.5. The molecule has 1 fully saturated rings. The van der Waals surface area contributed by atoms with Crippen LogP contribution in [0, 0.1) is 12.8 Å². The molecule has 2 atom stereocenters. The molecule has 0 unspecified atom stereocenters. The van der Waals surface area contributed by atoms with E-state index < -0.39 is 0 Å². The maximum atomic E-state index is 12.5. The van der Waals surface area contributed by atoms with Crippen LogP contribution >= 0.6 is 0 Å². The third-order valence-corrected chi connectivity index (χ3v) is 4.40. The van der Waals surface area contributed by atoms with Crippen LogP contribution in [0.1, 0.15) is 23.5 Å². The fraction of sp³-hybridized carbons (Fsp3) is 0.300. The number of carbonyl (C=O) groups is 2. The van der Waals surface area contributed by atoms with Crippen molar-refractivity contribution in [2.45, 2.75) is 19.3 Å². The molecule has 0 bridgehead atoms. The van der Waals surface area contributed by atoms with Crippen LogP contribution in [0.15, 0.2) is 48.5 Å². The Bertz CT molecular complexity index is 788. The van der Waals surface area contributed by atoms with Gasteiger partial charge in [0.25, 0.3) is 0 Å². The first-order valence-electron chi connectivity index (χ1n) is 8.33. The van der Waals surface area contributed by atoms with Gasteiger partial charge in [-0.3, -0.25) is 9.59 Å². The van der Waals surface area contributed by atoms with Crippen molar-refractivity contribution >= 4 is 23.2 Å². The molecule has 3 rings (SSSR count). The van der Waals surface area contributed by atoms with Gasteiger partial charge in [0.2, 0.25) is 11.8 Å². The Morgan fingerprint density at radius 1 is 1.08 bits per heavy atom. The monoisotopic (exact) mass is 338 g/mol. The van der Waals surface area contributed by atoms with Crippen LogP contribution in [-0.4, -0.2) is 25.5 Å². The maximum Gasteiger partial charge on any atom is 0.250 e. The van der Waals surface area contributed by atoms with Crippen LogP contribution in [0.5, 0.6) is 0 Å². The third kappa shape index (κ3) is 4.25. The molecule has 130 valence electrons. The molecule has 0 saturated heterocycles. The van der Waals surface area contributed by atoms with Gasteiger partial charge in [-0.25, -0.2) is 0 Å². The predicted octanol–water partition coefficient (Wildman–Crippen LogP) is 3.32. The molecular formula is C20H22N2O3. The van der Waals surface area contributed by atoms with Gasteiger partial charge in [0, 0.05) is 24.4 Å². The third-order valence-electron chi connectivity index (χ3n) is 4.40. The van der Waals surface area contributed by atoms with Gasteiger partial charge in [0.1, 0.15) is 6.61 Å². The van der Waals surface area contributed by atoms with Gasteiger partial charge in [-0.15, -0.1) is 0 Å². The van der Waals surface area contributed by atoms with Crippen molar-refractivity contribution in [3.05, 3.63) is 59.7 Å². The van der Waals surface area contributed by atoms with Gasteiger partial charge in [-0.1, -0.05) is 30.3 Å². The Kier molecular flexibility index (Phi) is 5.14. The number of rotatable bonds is 6. The van der Waals surface area contributed by atoms with E-state index in [-0.39, 0.29) is 24.3 Å². The summed E-state index contributed by atoms with van der Waals surface area (Å²) in [5.74, 6) is 0.0973. The summed E-state index contributed by atoms with van der Waals surface area (Å²) in [5, 5.41) is 5.68. The minimum absolute atomic E-state index is 0.00321. The largest absolute Gasteiger partial charge is 0.375 e. The summed E-state index contributed by atoms with van der Waals surface area (Å²) in [5.41, 5.74) is 3.79. The molecule has 5 nitrogen and oxygen atoms in total. The number of benzene rings is 2. The van der Waals surface area contributed by atoms with Gasteiger partial charge in [-0.05, 0) is 48.6 Å². The molecular weight excluding hydrogens is 316 g/mol. The minimum Gasteiger partial charge on any atom is -0.375 e. The molecule has 2 aromatic carbocycles. The zero-order valence-corrected chi connectivity index (χ0v) is 14.4. The van der Waals surface area contributed by atoms with Crippen LogP contribution in [-0.2, 0) is 14.3 Å². The van der Waals surface area contributed by atoms with E-state index in [0.29, 0.717) is 17.3 Å². The first-order valence-corrected chi connectivity index (χ1v) is 8.33. The standard InChI is InChI=1S/C20H22N2O3/c1-13-6-3-4-9-16(13)17-11-18(17)20(24)22-15-8-5-7-14(10-15)21-19(23)12-25-2/h3-10,17-18H,11-12H2,1-2H3,(H,21,23)(H,22,24)/t17-,18+/m1/s1. The van der Waals surface area contributed by atoms with E-state index in [4.69, 9.17) is 4.74 Å². The Morgan fingerprint density at radius 3 is 2.52 bits per heavy atom. The second kappa shape index (κ2) is 7.49. The average Bonchev–Trinajstić information content (AvgIpc) is 3.36. The number of carbonyl (C=O) groups excluding carboxylic acids is 2. The number of hydrogen-bond acceptors (Lipinski definition) is 3. The van der Waals surface area contributed by atoms with Gasteiger partial charge >= 0.3 is 0 Å². The molecule has 0 spiro atoms. The molecule has 2 amide bonds. The number of anilines is 2. The second-order valence-corrected chi connectivity index (χ2v) is 6.36. The SMILES string of the molecule is COCC(=O)Nc1cccc(NC(=O)[C@H]2C[C@@H]2c2ccccc2C)c1. The van der Waals surface area contributed by atoms with Crippen molar-refractivity contribution in [1.29, 1.82) is 0 Å². The Morgan fingerprint density at radius 2 is 1.80 bits per heavy atom. The van der Waals surface area contributed by atoms with E-state index in [0.717, 1.165) is 6.42 Å². The zero-order chi connectivity index (χ0) is 17.8. The molecule has 5 heteroatoms. The number of ether oxygens (including phenoxy) is 1. The summed E-state index contributed by atoms with van der Waals surface area (Å²) in [4.78, 5) is 24.1. The van der Waals surface area contributed by atoms with E-state index >= 15 is 0 Å². The normalized spacial score (nSPS) is 18.5. The van der Waals surface area contributed by atoms with Gasteiger partial charge in [0.05, 0.1) is 0 Å². The lowest BCUT2D eigenvalue weighted by Crippen LogP contribution is -2.18. The molecule has 1 aliphatic rings. The molecule has 2 aromatic rings. The smallest absolute Gasteiger partial charge is 0.250 e. The van der Waals surface area contributed by atoms with Crippen molar-refractivity contribution in [3.8, 4) is 0 Å². The Balaban J connectivity index is 1.61. The maximum absolute atomic E-state index is 12.5. The average molecular weight is 338 g/mol. The number of amides is 2. The fourth-order valence-electron chi connectivity index (χ4n) is 3.07. The van der Waals surface area contributed by atoms with Gasteiger partial charge < -0.3 is 15.4 Å². The van der Waals surface area contributed by atoms with Crippen LogP contribution < -0.4 is 10.6 Å². The van der Waals surface area contributed by atoms with Crippen molar-refractivity contribution in [2.75, 3.05) is 24.4 Å². The molecule has 0 aromatic heterocycles. The molecule has 0 heterocycles. The second-order valence-electron chi connectivity index (χ2n) is 6.36. The fourth-order valence-corrected chi connectivity index (χ4v) is 3.07. The highest BCUT2D eigenvalue weighted by Gasteiger charge is 2.44. The Hall–Kier alpha value is -2.66. The summed E-state index contributed by atoms with van der Waals surface area (Å²) in [6.07, 6.45) is 0.876. The lowest BCUT2D eigenvalue weighted by Gasteiger charge is -2.09. The first kappa shape index (κ1) is 17.2. The van der Waals surface area contributed by atoms with E-state index in [1.807, 2.05) is 18.2 Å². The zero-order valence-electron chi connectivity index (χ0n) is 14.4. The van der Waals surface area contributed by atoms with Crippen molar-refractivity contribution in [3.63, 3.8) is 0 Å². The van der Waals surface area contributed by atoms with Gasteiger partial charge in [0.15, 0.2) is 0 Å². The first-order chi connectivity index (χ1) is 12.1. The molecule has 1 aliphatic carbocycles. The molecule has 25 heavy (non-hydrogen) atoms. The summed E-state index contributed by atoms with van der Waals surface area (Å²) in [6, 6.07) is 15.3. The quantitative estimate of drug-likeness (QED) is 0.849. The number of methoxy groups -OCH3 is 1. The predicted molar refractivity (Wildman–Crippen MR) is 97.6 cm³/mol. The Labute approximate surface area is 147 Å². The van der Waals surface area contributed by atoms with Crippen LogP contribution in [0.25, 0.3) is 0 Å². The summed E-state index contributed by atoms with van der Waals surface area (Å²) < 4.78 is 4.79. The molecule has 1 saturated carbocycles. The lowest BCUT2D eigenvalue weighted by molar-refractivity contribution is -0.119. The lowest BCUT2D eigenvalue weighted by atomic mass is 10.0. The van der Waals surface area contributed by atoms with Crippen molar-refractivity contribution in [1.82, 2.24) is 0 Å². The topological polar surface area (TPSA) is 67.4 Å². The number of hydrogen-bond donors (Lipinski definition) is 2. The van der Waals surface area contributed by atoms with Crippen LogP contribution in [0.3, 0.4) is 0 Å². The van der Waals surface area contributed by atoms with E-state index in [2.05, 4.69) is 29.7 Å². The van der Waals surface area contributed by atoms with E-state index in [1.54, 1.807) is 18.2 Å².